The largest absolute Gasteiger partial charge is 0.294 e. The molecular weight excluding hydrogens is 289 g/mol. The van der Waals surface area contributed by atoms with E-state index in [9.17, 15) is 13.4 Å². The Morgan fingerprint density at radius 1 is 1.29 bits per heavy atom. The number of fused-ring (bicyclic) bond motifs is 2. The maximum absolute atomic E-state index is 13.4. The van der Waals surface area contributed by atoms with Gasteiger partial charge in [0.05, 0.1) is 11.6 Å². The van der Waals surface area contributed by atoms with E-state index in [0.29, 0.717) is 12.8 Å². The van der Waals surface area contributed by atoms with Gasteiger partial charge in [0.25, 0.3) is 0 Å². The number of halogens is 1. The second-order valence-corrected chi connectivity index (χ2v) is 7.83. The van der Waals surface area contributed by atoms with E-state index in [1.807, 2.05) is 6.07 Å². The lowest BCUT2D eigenvalue weighted by atomic mass is 9.83. The molecule has 5 heteroatoms. The number of hydrogen-bond acceptors (Lipinski definition) is 3. The predicted molar refractivity (Wildman–Crippen MR) is 77.7 cm³/mol. The summed E-state index contributed by atoms with van der Waals surface area (Å²) in [6.07, 6.45) is 4.08. The number of nitrogens with zero attached hydrogens (tertiary/aromatic N) is 1. The molecule has 2 heterocycles. The highest BCUT2D eigenvalue weighted by molar-refractivity contribution is 7.86. The van der Waals surface area contributed by atoms with Crippen LogP contribution in [0.5, 0.6) is 0 Å². The van der Waals surface area contributed by atoms with Crippen LogP contribution < -0.4 is 0 Å². The second kappa shape index (κ2) is 5.69. The van der Waals surface area contributed by atoms with E-state index < -0.39 is 16.6 Å². The molecule has 21 heavy (non-hydrogen) atoms. The second-order valence-electron chi connectivity index (χ2n) is 5.84. The third-order valence-electron chi connectivity index (χ3n) is 4.54. The summed E-state index contributed by atoms with van der Waals surface area (Å²) in [4.78, 5) is 12.7. The van der Waals surface area contributed by atoms with Crippen LogP contribution >= 0.6 is 0 Å². The van der Waals surface area contributed by atoms with Crippen LogP contribution in [0.4, 0.5) is 4.39 Å². The van der Waals surface area contributed by atoms with Gasteiger partial charge in [-0.1, -0.05) is 6.42 Å². The van der Waals surface area contributed by atoms with E-state index in [1.165, 1.54) is 12.1 Å². The van der Waals surface area contributed by atoms with E-state index in [-0.39, 0.29) is 33.3 Å². The summed E-state index contributed by atoms with van der Waals surface area (Å²) in [5.74, 6) is -0.900. The molecule has 2 aliphatic heterocycles. The zero-order valence-electron chi connectivity index (χ0n) is 11.5. The Labute approximate surface area is 125 Å². The summed E-state index contributed by atoms with van der Waals surface area (Å²) in [6, 6.07) is 5.66. The summed E-state index contributed by atoms with van der Waals surface area (Å²) in [5.41, 5.74) is 0.395. The van der Waals surface area contributed by atoms with E-state index in [0.717, 1.165) is 25.3 Å². The van der Waals surface area contributed by atoms with Gasteiger partial charge in [-0.2, -0.15) is 5.26 Å². The van der Waals surface area contributed by atoms with Crippen molar-refractivity contribution >= 4 is 16.6 Å². The topological polar surface area (TPSA) is 57.9 Å². The van der Waals surface area contributed by atoms with Crippen molar-refractivity contribution in [2.45, 2.75) is 42.6 Å². The molecule has 2 saturated heterocycles. The van der Waals surface area contributed by atoms with Gasteiger partial charge in [-0.05, 0) is 43.9 Å². The molecule has 0 saturated carbocycles. The Morgan fingerprint density at radius 2 is 1.95 bits per heavy atom. The maximum Gasteiger partial charge on any atom is 0.167 e. The molecule has 2 fully saturated rings. The first-order chi connectivity index (χ1) is 10.1. The first-order valence-corrected chi connectivity index (χ1v) is 8.51. The maximum atomic E-state index is 13.4. The van der Waals surface area contributed by atoms with Crippen LogP contribution in [-0.4, -0.2) is 20.5 Å². The van der Waals surface area contributed by atoms with Crippen molar-refractivity contribution in [1.29, 1.82) is 5.26 Å². The fourth-order valence-corrected chi connectivity index (χ4v) is 5.67. The number of ketones is 1. The van der Waals surface area contributed by atoms with E-state index in [1.54, 1.807) is 0 Å². The van der Waals surface area contributed by atoms with Crippen molar-refractivity contribution < 1.29 is 13.4 Å². The molecule has 0 aromatic heterocycles. The predicted octanol–water partition coefficient (Wildman–Crippen LogP) is 2.96. The Kier molecular flexibility index (Phi) is 3.90. The number of Topliss-reactive ketones (excluding diaryl/α,β-unsaturated/α-hetero) is 1. The molecule has 1 aromatic rings. The average Bonchev–Trinajstić information content (AvgIpc) is 2.46. The number of benzene rings is 1. The molecule has 110 valence electrons. The molecule has 0 amide bonds. The summed E-state index contributed by atoms with van der Waals surface area (Å²) in [7, 11) is -0.832. The highest BCUT2D eigenvalue weighted by Gasteiger charge is 2.40. The van der Waals surface area contributed by atoms with Crippen LogP contribution in [-0.2, 0) is 10.8 Å². The SMILES string of the molecule is N#Cc1ccc(F)cc1C(=O)C1CC2CCCC(C1)S2=O. The molecular formula is C16H16FNO2S. The van der Waals surface area contributed by atoms with Crippen LogP contribution in [0.15, 0.2) is 18.2 Å². The fraction of sp³-hybridized carbons (Fsp3) is 0.500. The smallest absolute Gasteiger partial charge is 0.167 e. The van der Waals surface area contributed by atoms with Gasteiger partial charge in [-0.3, -0.25) is 9.00 Å². The average molecular weight is 305 g/mol. The molecule has 2 bridgehead atoms. The third-order valence-corrected chi connectivity index (χ3v) is 6.71. The fourth-order valence-electron chi connectivity index (χ4n) is 3.49. The quantitative estimate of drug-likeness (QED) is 0.789. The van der Waals surface area contributed by atoms with Crippen molar-refractivity contribution in [3.05, 3.63) is 35.1 Å². The van der Waals surface area contributed by atoms with Crippen molar-refractivity contribution in [1.82, 2.24) is 0 Å². The number of nitriles is 1. The molecule has 0 radical (unpaired) electrons. The standard InChI is InChI=1S/C16H16FNO2S/c17-12-5-4-10(9-18)15(8-12)16(19)11-6-13-2-1-3-14(7-11)21(13)20/h4-5,8,11,13-14H,1-3,6-7H2. The summed E-state index contributed by atoms with van der Waals surface area (Å²) >= 11 is 0. The molecule has 3 nitrogen and oxygen atoms in total. The zero-order chi connectivity index (χ0) is 15.0. The third kappa shape index (κ3) is 2.65. The van der Waals surface area contributed by atoms with E-state index in [4.69, 9.17) is 5.26 Å². The van der Waals surface area contributed by atoms with Crippen molar-refractivity contribution in [3.63, 3.8) is 0 Å². The van der Waals surface area contributed by atoms with Gasteiger partial charge in [0.2, 0.25) is 0 Å². The van der Waals surface area contributed by atoms with Crippen LogP contribution in [0.2, 0.25) is 0 Å². The van der Waals surface area contributed by atoms with Crippen molar-refractivity contribution in [3.8, 4) is 6.07 Å². The van der Waals surface area contributed by atoms with E-state index in [2.05, 4.69) is 0 Å². The van der Waals surface area contributed by atoms with Crippen LogP contribution in [0.25, 0.3) is 0 Å². The molecule has 2 unspecified atom stereocenters. The molecule has 0 aliphatic carbocycles. The van der Waals surface area contributed by atoms with Gasteiger partial charge in [0.1, 0.15) is 5.82 Å². The Hall–Kier alpha value is -1.54. The Bertz CT molecular complexity index is 636. The highest BCUT2D eigenvalue weighted by atomic mass is 32.2. The lowest BCUT2D eigenvalue weighted by Crippen LogP contribution is -2.41. The van der Waals surface area contributed by atoms with Crippen LogP contribution in [0.3, 0.4) is 0 Å². The lowest BCUT2D eigenvalue weighted by Gasteiger charge is -2.37. The Balaban J connectivity index is 1.88. The van der Waals surface area contributed by atoms with Crippen molar-refractivity contribution in [2.75, 3.05) is 0 Å². The molecule has 2 atom stereocenters. The van der Waals surface area contributed by atoms with Gasteiger partial charge in [0.15, 0.2) is 5.78 Å². The van der Waals surface area contributed by atoms with Crippen LogP contribution in [0, 0.1) is 23.1 Å². The van der Waals surface area contributed by atoms with E-state index >= 15 is 0 Å². The lowest BCUT2D eigenvalue weighted by molar-refractivity contribution is 0.0894. The summed E-state index contributed by atoms with van der Waals surface area (Å²) in [6.45, 7) is 0. The highest BCUT2D eigenvalue weighted by Crippen LogP contribution is 2.38. The minimum absolute atomic E-state index is 0.0885. The van der Waals surface area contributed by atoms with Gasteiger partial charge >= 0.3 is 0 Å². The van der Waals surface area contributed by atoms with Crippen LogP contribution in [0.1, 0.15) is 48.0 Å². The number of carbonyl (C=O) groups excluding carboxylic acids is 1. The molecule has 0 spiro atoms. The zero-order valence-corrected chi connectivity index (χ0v) is 12.4. The number of hydrogen-bond donors (Lipinski definition) is 0. The molecule has 1 aromatic carbocycles. The molecule has 2 aliphatic rings. The van der Waals surface area contributed by atoms with Gasteiger partial charge in [-0.25, -0.2) is 4.39 Å². The van der Waals surface area contributed by atoms with Gasteiger partial charge in [-0.15, -0.1) is 0 Å². The monoisotopic (exact) mass is 305 g/mol. The number of rotatable bonds is 2. The molecule has 0 N–H and O–H groups in total. The van der Waals surface area contributed by atoms with Crippen molar-refractivity contribution in [2.24, 2.45) is 5.92 Å². The number of carbonyl (C=O) groups is 1. The Morgan fingerprint density at radius 3 is 2.57 bits per heavy atom. The first kappa shape index (κ1) is 14.4. The minimum atomic E-state index is -0.832. The summed E-state index contributed by atoms with van der Waals surface area (Å²) in [5, 5.41) is 9.26. The van der Waals surface area contributed by atoms with Gasteiger partial charge < -0.3 is 0 Å². The first-order valence-electron chi connectivity index (χ1n) is 7.23. The normalized spacial score (nSPS) is 31.4. The minimum Gasteiger partial charge on any atom is -0.294 e. The summed E-state index contributed by atoms with van der Waals surface area (Å²) < 4.78 is 25.6. The molecule has 3 rings (SSSR count). The van der Waals surface area contributed by atoms with Gasteiger partial charge in [0, 0.05) is 32.8 Å².